The fourth-order valence-electron chi connectivity index (χ4n) is 0.246. The molecule has 2 nitrogen and oxygen atoms in total. The molecule has 0 aliphatic heterocycles. The summed E-state index contributed by atoms with van der Waals surface area (Å²) >= 11 is 0. The normalized spacial score (nSPS) is 7.90. The second-order valence-electron chi connectivity index (χ2n) is 1.22. The van der Waals surface area contributed by atoms with E-state index in [9.17, 15) is 17.8 Å². The molecule has 0 radical (unpaired) electrons. The molecule has 0 amide bonds. The number of hydrogen-bond donors (Lipinski definition) is 0. The molecule has 0 aliphatic carbocycles. The average Bonchev–Trinajstić information content (AvgIpc) is 1.63. The van der Waals surface area contributed by atoms with E-state index in [0.717, 1.165) is 0 Å². The molecule has 0 saturated carbocycles. The molecule has 0 aliphatic rings. The first-order valence-corrected chi connectivity index (χ1v) is 2.16. The van der Waals surface area contributed by atoms with Crippen molar-refractivity contribution in [2.24, 2.45) is 0 Å². The van der Waals surface area contributed by atoms with Gasteiger partial charge >= 0.3 is 64.6 Å². The summed E-state index contributed by atoms with van der Waals surface area (Å²) in [4.78, 5) is 9.91. The average molecular weight is 180 g/mol. The van der Waals surface area contributed by atoms with E-state index in [1.54, 1.807) is 0 Å². The van der Waals surface area contributed by atoms with Crippen LogP contribution in [-0.4, -0.2) is 71.5 Å². The van der Waals surface area contributed by atoms with Crippen molar-refractivity contribution in [2.45, 2.75) is 6.32 Å². The maximum atomic E-state index is 11.2. The van der Waals surface area contributed by atoms with Gasteiger partial charge in [0.2, 0.25) is 6.86 Å². The molecule has 7 heteroatoms. The number of carbonyl (C=O) groups excluding carboxylic acids is 1. The van der Waals surface area contributed by atoms with Crippen LogP contribution in [0.2, 0.25) is 6.32 Å². The number of ether oxygens (including phenoxy) is 1. The van der Waals surface area contributed by atoms with E-state index in [-0.39, 0.29) is 51.4 Å². The van der Waals surface area contributed by atoms with Gasteiger partial charge < -0.3 is 4.74 Å². The molecule has 0 heterocycles. The molecule has 0 rings (SSSR count). The standard InChI is InChI=1S/C3H4BF3O2.K.H/c5-2-9-3(8)1-4(6)7;;/h1-2H2;;. The van der Waals surface area contributed by atoms with Crippen LogP contribution in [0, 0.1) is 0 Å². The molecule has 0 fully saturated rings. The number of esters is 1. The van der Waals surface area contributed by atoms with E-state index >= 15 is 0 Å². The Morgan fingerprint density at radius 2 is 2.00 bits per heavy atom. The first-order chi connectivity index (χ1) is 4.16. The third-order valence-electron chi connectivity index (χ3n) is 0.537. The van der Waals surface area contributed by atoms with Gasteiger partial charge in [-0.3, -0.25) is 13.4 Å². The summed E-state index contributed by atoms with van der Waals surface area (Å²) in [6.07, 6.45) is -1.04. The van der Waals surface area contributed by atoms with Crippen molar-refractivity contribution in [1.29, 1.82) is 0 Å². The number of hydrogen-bond acceptors (Lipinski definition) is 2. The van der Waals surface area contributed by atoms with Gasteiger partial charge in [-0.2, -0.15) is 0 Å². The topological polar surface area (TPSA) is 26.3 Å². The third kappa shape index (κ3) is 8.96. The van der Waals surface area contributed by atoms with Gasteiger partial charge in [-0.1, -0.05) is 0 Å². The molecule has 0 bridgehead atoms. The van der Waals surface area contributed by atoms with Gasteiger partial charge in [0.1, 0.15) is 0 Å². The van der Waals surface area contributed by atoms with E-state index in [0.29, 0.717) is 0 Å². The molecular weight excluding hydrogens is 175 g/mol. The van der Waals surface area contributed by atoms with Gasteiger partial charge in [0, 0.05) is 0 Å². The number of halogens is 3. The monoisotopic (exact) mass is 180 g/mol. The van der Waals surface area contributed by atoms with Gasteiger partial charge in [0.25, 0.3) is 0 Å². The van der Waals surface area contributed by atoms with E-state index < -0.39 is 26.4 Å². The zero-order valence-corrected chi connectivity index (χ0v) is 4.44. The minimum atomic E-state index is -2.76. The Morgan fingerprint density at radius 1 is 1.50 bits per heavy atom. The van der Waals surface area contributed by atoms with Crippen LogP contribution in [0.5, 0.6) is 0 Å². The number of carbonyl (C=O) groups is 1. The fourth-order valence-corrected chi connectivity index (χ4v) is 0.246. The molecule has 10 heavy (non-hydrogen) atoms. The summed E-state index contributed by atoms with van der Waals surface area (Å²) in [5, 5.41) is 0. The first-order valence-electron chi connectivity index (χ1n) is 2.16. The molecule has 0 atom stereocenters. The Kier molecular flexibility index (Phi) is 10.9. The van der Waals surface area contributed by atoms with Gasteiger partial charge in [-0.15, -0.1) is 0 Å². The van der Waals surface area contributed by atoms with Gasteiger partial charge in [0.15, 0.2) is 0 Å². The number of alkyl halides is 1. The summed E-state index contributed by atoms with van der Waals surface area (Å²) < 4.78 is 36.9. The SMILES string of the molecule is O=C(CB(F)F)OCF.[KH]. The molecule has 0 saturated heterocycles. The van der Waals surface area contributed by atoms with Crippen LogP contribution in [0.4, 0.5) is 13.0 Å². The predicted octanol–water partition coefficient (Wildman–Crippen LogP) is 0.235. The molecule has 0 spiro atoms. The Balaban J connectivity index is 0. The Labute approximate surface area is 99.1 Å². The Morgan fingerprint density at radius 3 is 2.30 bits per heavy atom. The van der Waals surface area contributed by atoms with E-state index in [1.165, 1.54) is 0 Å². The first kappa shape index (κ1) is 13.5. The van der Waals surface area contributed by atoms with Crippen LogP contribution in [0.3, 0.4) is 0 Å². The number of rotatable bonds is 3. The molecule has 54 valence electrons. The van der Waals surface area contributed by atoms with Gasteiger partial charge in [-0.05, 0) is 0 Å². The van der Waals surface area contributed by atoms with Crippen molar-refractivity contribution < 1.29 is 22.6 Å². The van der Waals surface area contributed by atoms with Gasteiger partial charge in [-0.25, -0.2) is 4.39 Å². The molecular formula is C3H5BF3KO2. The van der Waals surface area contributed by atoms with Crippen molar-refractivity contribution in [3.63, 3.8) is 0 Å². The van der Waals surface area contributed by atoms with Crippen LogP contribution in [0.25, 0.3) is 0 Å². The third-order valence-corrected chi connectivity index (χ3v) is 0.537. The van der Waals surface area contributed by atoms with E-state index in [1.807, 2.05) is 0 Å². The minimum absolute atomic E-state index is 0. The molecule has 0 aromatic carbocycles. The molecule has 0 N–H and O–H groups in total. The van der Waals surface area contributed by atoms with Crippen molar-refractivity contribution >= 4 is 64.6 Å². The summed E-state index contributed by atoms with van der Waals surface area (Å²) in [6.45, 7) is -1.34. The Hall–Kier alpha value is 0.961. The van der Waals surface area contributed by atoms with Crippen LogP contribution in [0.1, 0.15) is 0 Å². The summed E-state index contributed by atoms with van der Waals surface area (Å²) in [6, 6.07) is 0. The van der Waals surface area contributed by atoms with Crippen LogP contribution < -0.4 is 0 Å². The van der Waals surface area contributed by atoms with Crippen molar-refractivity contribution in [1.82, 2.24) is 0 Å². The van der Waals surface area contributed by atoms with Crippen LogP contribution in [-0.2, 0) is 9.53 Å². The maximum absolute atomic E-state index is 11.2. The summed E-state index contributed by atoms with van der Waals surface area (Å²) in [7, 11) is -2.76. The quantitative estimate of drug-likeness (QED) is 0.459. The zero-order valence-electron chi connectivity index (χ0n) is 4.44. The Bertz CT molecular complexity index is 102. The second-order valence-corrected chi connectivity index (χ2v) is 1.22. The van der Waals surface area contributed by atoms with Crippen molar-refractivity contribution in [2.75, 3.05) is 6.86 Å². The van der Waals surface area contributed by atoms with Crippen molar-refractivity contribution in [3.05, 3.63) is 0 Å². The molecule has 0 aromatic rings. The second kappa shape index (κ2) is 8.06. The summed E-state index contributed by atoms with van der Waals surface area (Å²) in [5.74, 6) is -1.22. The zero-order chi connectivity index (χ0) is 7.28. The predicted molar refractivity (Wildman–Crippen MR) is 32.0 cm³/mol. The summed E-state index contributed by atoms with van der Waals surface area (Å²) in [5.41, 5.74) is 0. The molecule has 0 aromatic heterocycles. The van der Waals surface area contributed by atoms with E-state index in [2.05, 4.69) is 4.74 Å². The molecule has 0 unspecified atom stereocenters. The van der Waals surface area contributed by atoms with E-state index in [4.69, 9.17) is 0 Å². The van der Waals surface area contributed by atoms with Gasteiger partial charge in [0.05, 0.1) is 6.32 Å². The fraction of sp³-hybridized carbons (Fsp3) is 0.667. The van der Waals surface area contributed by atoms with Crippen LogP contribution >= 0.6 is 0 Å². The van der Waals surface area contributed by atoms with Crippen molar-refractivity contribution in [3.8, 4) is 0 Å². The van der Waals surface area contributed by atoms with Crippen LogP contribution in [0.15, 0.2) is 0 Å².